The maximum absolute atomic E-state index is 3.83. The van der Waals surface area contributed by atoms with E-state index in [1.807, 2.05) is 0 Å². The van der Waals surface area contributed by atoms with E-state index in [1.165, 1.54) is 44.9 Å². The fourth-order valence-electron chi connectivity index (χ4n) is 2.72. The first-order valence-corrected chi connectivity index (χ1v) is 7.34. The molecule has 0 saturated heterocycles. The molecule has 0 bridgehead atoms. The summed E-state index contributed by atoms with van der Waals surface area (Å²) < 4.78 is 0. The smallest absolute Gasteiger partial charge is 0.00696 e. The monoisotopic (exact) mass is 225 g/mol. The predicted molar refractivity (Wildman–Crippen MR) is 72.7 cm³/mol. The van der Waals surface area contributed by atoms with Crippen LogP contribution >= 0.6 is 0 Å². The molecule has 1 N–H and O–H groups in total. The molecule has 3 atom stereocenters. The van der Waals surface area contributed by atoms with Gasteiger partial charge in [-0.3, -0.25) is 0 Å². The quantitative estimate of drug-likeness (QED) is 0.685. The molecule has 1 heteroatoms. The molecule has 1 rings (SSSR count). The van der Waals surface area contributed by atoms with E-state index in [9.17, 15) is 0 Å². The van der Waals surface area contributed by atoms with Crippen molar-refractivity contribution in [3.8, 4) is 0 Å². The highest BCUT2D eigenvalue weighted by molar-refractivity contribution is 4.76. The molecule has 0 radical (unpaired) electrons. The van der Waals surface area contributed by atoms with E-state index in [-0.39, 0.29) is 0 Å². The molecule has 96 valence electrons. The first-order valence-electron chi connectivity index (χ1n) is 7.34. The summed E-state index contributed by atoms with van der Waals surface area (Å²) in [7, 11) is 0. The van der Waals surface area contributed by atoms with Crippen LogP contribution in [-0.4, -0.2) is 12.1 Å². The Balaban J connectivity index is 2.19. The Morgan fingerprint density at radius 1 is 1.00 bits per heavy atom. The van der Waals surface area contributed by atoms with Gasteiger partial charge in [-0.1, -0.05) is 33.6 Å². The van der Waals surface area contributed by atoms with Crippen LogP contribution in [0.2, 0.25) is 0 Å². The zero-order valence-corrected chi connectivity index (χ0v) is 11.8. The van der Waals surface area contributed by atoms with E-state index in [1.54, 1.807) is 0 Å². The van der Waals surface area contributed by atoms with Gasteiger partial charge >= 0.3 is 0 Å². The average Bonchev–Trinajstić information content (AvgIpc) is 2.41. The molecule has 0 amide bonds. The SMILES string of the molecule is CC(C)CCC(C)NC1CCCC(C)CC1. The molecule has 0 spiro atoms. The minimum absolute atomic E-state index is 0.709. The molecule has 16 heavy (non-hydrogen) atoms. The van der Waals surface area contributed by atoms with Crippen molar-refractivity contribution in [1.82, 2.24) is 5.32 Å². The summed E-state index contributed by atoms with van der Waals surface area (Å²) in [6, 6.07) is 1.51. The van der Waals surface area contributed by atoms with Crippen LogP contribution in [0.5, 0.6) is 0 Å². The Labute approximate surface area is 102 Å². The first-order chi connectivity index (χ1) is 7.58. The molecule has 1 aliphatic carbocycles. The van der Waals surface area contributed by atoms with Gasteiger partial charge in [0, 0.05) is 12.1 Å². The van der Waals surface area contributed by atoms with Crippen molar-refractivity contribution < 1.29 is 0 Å². The van der Waals surface area contributed by atoms with Crippen LogP contribution in [0.3, 0.4) is 0 Å². The standard InChI is InChI=1S/C15H31N/c1-12(2)8-10-14(4)16-15-7-5-6-13(3)9-11-15/h12-16H,5-11H2,1-4H3. The van der Waals surface area contributed by atoms with Crippen LogP contribution in [0.1, 0.15) is 72.6 Å². The third-order valence-electron chi connectivity index (χ3n) is 3.95. The summed E-state index contributed by atoms with van der Waals surface area (Å²) in [5.41, 5.74) is 0. The van der Waals surface area contributed by atoms with Gasteiger partial charge in [-0.05, 0) is 50.9 Å². The van der Waals surface area contributed by atoms with E-state index in [4.69, 9.17) is 0 Å². The van der Waals surface area contributed by atoms with Crippen LogP contribution < -0.4 is 5.32 Å². The maximum atomic E-state index is 3.83. The van der Waals surface area contributed by atoms with Crippen LogP contribution in [0, 0.1) is 11.8 Å². The Hall–Kier alpha value is -0.0400. The predicted octanol–water partition coefficient (Wildman–Crippen LogP) is 4.37. The molecule has 0 heterocycles. The Morgan fingerprint density at radius 2 is 1.75 bits per heavy atom. The fraction of sp³-hybridized carbons (Fsp3) is 1.00. The number of hydrogen-bond acceptors (Lipinski definition) is 1. The second-order valence-corrected chi connectivity index (χ2v) is 6.35. The minimum atomic E-state index is 0.709. The average molecular weight is 225 g/mol. The topological polar surface area (TPSA) is 12.0 Å². The van der Waals surface area contributed by atoms with Crippen LogP contribution in [0.25, 0.3) is 0 Å². The van der Waals surface area contributed by atoms with E-state index in [0.29, 0.717) is 6.04 Å². The summed E-state index contributed by atoms with van der Waals surface area (Å²) >= 11 is 0. The molecule has 1 aliphatic rings. The molecule has 3 unspecified atom stereocenters. The second-order valence-electron chi connectivity index (χ2n) is 6.35. The van der Waals surface area contributed by atoms with Gasteiger partial charge in [0.05, 0.1) is 0 Å². The number of rotatable bonds is 5. The van der Waals surface area contributed by atoms with Crippen molar-refractivity contribution in [2.75, 3.05) is 0 Å². The summed E-state index contributed by atoms with van der Waals surface area (Å²) in [6.07, 6.45) is 9.79. The molecule has 0 aromatic rings. The van der Waals surface area contributed by atoms with Crippen molar-refractivity contribution in [1.29, 1.82) is 0 Å². The van der Waals surface area contributed by atoms with Crippen molar-refractivity contribution in [3.63, 3.8) is 0 Å². The largest absolute Gasteiger partial charge is 0.312 e. The van der Waals surface area contributed by atoms with Gasteiger partial charge in [0.25, 0.3) is 0 Å². The molecule has 0 aromatic heterocycles. The molecular weight excluding hydrogens is 194 g/mol. The Kier molecular flexibility index (Phi) is 6.41. The molecule has 0 aliphatic heterocycles. The van der Waals surface area contributed by atoms with Gasteiger partial charge in [0.2, 0.25) is 0 Å². The Morgan fingerprint density at radius 3 is 2.44 bits per heavy atom. The summed E-state index contributed by atoms with van der Waals surface area (Å²) in [5.74, 6) is 1.80. The fourth-order valence-corrected chi connectivity index (χ4v) is 2.72. The highest BCUT2D eigenvalue weighted by Gasteiger charge is 2.17. The van der Waals surface area contributed by atoms with Gasteiger partial charge in [0.1, 0.15) is 0 Å². The highest BCUT2D eigenvalue weighted by atomic mass is 14.9. The van der Waals surface area contributed by atoms with E-state index in [2.05, 4.69) is 33.0 Å². The third kappa shape index (κ3) is 5.89. The third-order valence-corrected chi connectivity index (χ3v) is 3.95. The minimum Gasteiger partial charge on any atom is -0.312 e. The van der Waals surface area contributed by atoms with Crippen molar-refractivity contribution in [2.45, 2.75) is 84.7 Å². The summed E-state index contributed by atoms with van der Waals surface area (Å²) in [6.45, 7) is 9.40. The molecule has 0 aromatic carbocycles. The van der Waals surface area contributed by atoms with E-state index < -0.39 is 0 Å². The zero-order chi connectivity index (χ0) is 12.0. The number of nitrogens with one attached hydrogen (secondary N) is 1. The van der Waals surface area contributed by atoms with Crippen LogP contribution in [0.4, 0.5) is 0 Å². The van der Waals surface area contributed by atoms with Gasteiger partial charge in [-0.2, -0.15) is 0 Å². The van der Waals surface area contributed by atoms with Crippen molar-refractivity contribution in [2.24, 2.45) is 11.8 Å². The van der Waals surface area contributed by atoms with Crippen molar-refractivity contribution in [3.05, 3.63) is 0 Å². The zero-order valence-electron chi connectivity index (χ0n) is 11.8. The van der Waals surface area contributed by atoms with Gasteiger partial charge in [-0.15, -0.1) is 0 Å². The molecule has 1 saturated carbocycles. The normalized spacial score (nSPS) is 29.1. The molecule has 1 fully saturated rings. The maximum Gasteiger partial charge on any atom is 0.00696 e. The summed E-state index contributed by atoms with van der Waals surface area (Å²) in [5, 5.41) is 3.83. The molecule has 1 nitrogen and oxygen atoms in total. The highest BCUT2D eigenvalue weighted by Crippen LogP contribution is 2.23. The lowest BCUT2D eigenvalue weighted by Crippen LogP contribution is -2.36. The van der Waals surface area contributed by atoms with Gasteiger partial charge < -0.3 is 5.32 Å². The van der Waals surface area contributed by atoms with Gasteiger partial charge in [0.15, 0.2) is 0 Å². The summed E-state index contributed by atoms with van der Waals surface area (Å²) in [4.78, 5) is 0. The van der Waals surface area contributed by atoms with Gasteiger partial charge in [-0.25, -0.2) is 0 Å². The van der Waals surface area contributed by atoms with Crippen LogP contribution in [0.15, 0.2) is 0 Å². The first kappa shape index (κ1) is 14.0. The number of hydrogen-bond donors (Lipinski definition) is 1. The lowest BCUT2D eigenvalue weighted by atomic mass is 10.0. The Bertz CT molecular complexity index is 176. The van der Waals surface area contributed by atoms with Crippen LogP contribution in [-0.2, 0) is 0 Å². The molecular formula is C15H31N. The van der Waals surface area contributed by atoms with E-state index in [0.717, 1.165) is 17.9 Å². The van der Waals surface area contributed by atoms with Crippen molar-refractivity contribution >= 4 is 0 Å². The second kappa shape index (κ2) is 7.32. The lowest BCUT2D eigenvalue weighted by molar-refractivity contribution is 0.371. The van der Waals surface area contributed by atoms with E-state index >= 15 is 0 Å². The lowest BCUT2D eigenvalue weighted by Gasteiger charge is -2.22.